The Labute approximate surface area is 215 Å². The fraction of sp³-hybridized carbons (Fsp3) is 0.207. The molecule has 2 amide bonds. The molecular formula is C29H28N4O4. The van der Waals surface area contributed by atoms with Gasteiger partial charge < -0.3 is 25.5 Å². The number of likely N-dealkylation sites (N-methyl/N-ethyl adjacent to an activating group) is 1. The fourth-order valence-electron chi connectivity index (χ4n) is 4.69. The van der Waals surface area contributed by atoms with Crippen molar-refractivity contribution in [2.75, 3.05) is 37.3 Å². The number of fused-ring (bicyclic) bond motifs is 1. The number of hydrogen-bond donors (Lipinski definition) is 3. The Balaban J connectivity index is 1.47. The molecule has 0 aliphatic carbocycles. The maximum absolute atomic E-state index is 13.1. The molecule has 2 aliphatic rings. The van der Waals surface area contributed by atoms with Gasteiger partial charge >= 0.3 is 5.97 Å². The summed E-state index contributed by atoms with van der Waals surface area (Å²) >= 11 is 0. The lowest BCUT2D eigenvalue weighted by molar-refractivity contribution is -0.110. The second kappa shape index (κ2) is 9.91. The zero-order valence-electron chi connectivity index (χ0n) is 20.7. The summed E-state index contributed by atoms with van der Waals surface area (Å²) in [7, 11) is 2.07. The zero-order chi connectivity index (χ0) is 26.1. The summed E-state index contributed by atoms with van der Waals surface area (Å²) in [6, 6.07) is 21.6. The van der Waals surface area contributed by atoms with E-state index in [9.17, 15) is 19.5 Å². The van der Waals surface area contributed by atoms with Crippen molar-refractivity contribution in [1.82, 2.24) is 9.80 Å². The van der Waals surface area contributed by atoms with Crippen LogP contribution in [0.1, 0.15) is 38.8 Å². The molecule has 0 radical (unpaired) electrons. The van der Waals surface area contributed by atoms with Crippen molar-refractivity contribution in [1.29, 1.82) is 0 Å². The third kappa shape index (κ3) is 4.83. The normalized spacial score (nSPS) is 18.7. The highest BCUT2D eigenvalue weighted by molar-refractivity contribution is 6.37. The first kappa shape index (κ1) is 24.3. The second-order valence-corrected chi connectivity index (χ2v) is 9.42. The molecule has 0 unspecified atom stereocenters. The molecule has 3 aromatic rings. The SMILES string of the molecule is C[C@H]1CN(C(=O)c2ccc(N/C(=C3\C(=O)Nc4cc(C(=O)O)ccc43)c3ccccc3)cc2)CCN1C. The Bertz CT molecular complexity index is 1400. The summed E-state index contributed by atoms with van der Waals surface area (Å²) < 4.78 is 0. The Morgan fingerprint density at radius 2 is 1.65 bits per heavy atom. The first-order valence-electron chi connectivity index (χ1n) is 12.2. The molecule has 37 heavy (non-hydrogen) atoms. The van der Waals surface area contributed by atoms with Crippen molar-refractivity contribution < 1.29 is 19.5 Å². The average Bonchev–Trinajstić information content (AvgIpc) is 3.24. The molecule has 8 heteroatoms. The molecule has 2 aliphatic heterocycles. The number of carboxylic acid groups (broad SMARTS) is 1. The third-order valence-corrected chi connectivity index (χ3v) is 6.97. The smallest absolute Gasteiger partial charge is 0.335 e. The summed E-state index contributed by atoms with van der Waals surface area (Å²) in [4.78, 5) is 41.7. The van der Waals surface area contributed by atoms with E-state index in [4.69, 9.17) is 0 Å². The van der Waals surface area contributed by atoms with Crippen LogP contribution in [0.15, 0.2) is 72.8 Å². The van der Waals surface area contributed by atoms with Crippen molar-refractivity contribution in [2.45, 2.75) is 13.0 Å². The van der Waals surface area contributed by atoms with Crippen molar-refractivity contribution in [2.24, 2.45) is 0 Å². The van der Waals surface area contributed by atoms with E-state index in [2.05, 4.69) is 29.5 Å². The van der Waals surface area contributed by atoms with Crippen molar-refractivity contribution >= 4 is 40.4 Å². The van der Waals surface area contributed by atoms with Crippen molar-refractivity contribution in [3.8, 4) is 0 Å². The molecular weight excluding hydrogens is 468 g/mol. The van der Waals surface area contributed by atoms with Crippen LogP contribution in [0.2, 0.25) is 0 Å². The fourth-order valence-corrected chi connectivity index (χ4v) is 4.69. The van der Waals surface area contributed by atoms with Crippen LogP contribution >= 0.6 is 0 Å². The van der Waals surface area contributed by atoms with Crippen LogP contribution in [0.25, 0.3) is 11.3 Å². The Kier molecular flexibility index (Phi) is 6.50. The van der Waals surface area contributed by atoms with Crippen LogP contribution in [-0.4, -0.2) is 65.4 Å². The Hall–Kier alpha value is -4.43. The minimum atomic E-state index is -1.06. The van der Waals surface area contributed by atoms with E-state index in [1.165, 1.54) is 12.1 Å². The summed E-state index contributed by atoms with van der Waals surface area (Å²) in [6.45, 7) is 4.35. The number of anilines is 2. The third-order valence-electron chi connectivity index (χ3n) is 6.97. The number of amides is 2. The van der Waals surface area contributed by atoms with Gasteiger partial charge in [-0.25, -0.2) is 4.79 Å². The van der Waals surface area contributed by atoms with E-state index >= 15 is 0 Å². The number of piperazine rings is 1. The molecule has 0 aromatic heterocycles. The van der Waals surface area contributed by atoms with E-state index in [1.807, 2.05) is 47.4 Å². The first-order chi connectivity index (χ1) is 17.8. The average molecular weight is 497 g/mol. The van der Waals surface area contributed by atoms with Gasteiger partial charge in [-0.1, -0.05) is 36.4 Å². The highest BCUT2D eigenvalue weighted by atomic mass is 16.4. The van der Waals surface area contributed by atoms with Crippen LogP contribution < -0.4 is 10.6 Å². The van der Waals surface area contributed by atoms with Crippen LogP contribution in [-0.2, 0) is 4.79 Å². The lowest BCUT2D eigenvalue weighted by Crippen LogP contribution is -2.52. The zero-order valence-corrected chi connectivity index (χ0v) is 20.7. The van der Waals surface area contributed by atoms with Gasteiger partial charge in [-0.2, -0.15) is 0 Å². The molecule has 1 saturated heterocycles. The topological polar surface area (TPSA) is 102 Å². The molecule has 8 nitrogen and oxygen atoms in total. The van der Waals surface area contributed by atoms with Gasteiger partial charge in [-0.15, -0.1) is 0 Å². The number of aromatic carboxylic acids is 1. The molecule has 2 heterocycles. The van der Waals surface area contributed by atoms with E-state index < -0.39 is 5.97 Å². The molecule has 1 fully saturated rings. The number of carbonyl (C=O) groups is 3. The Morgan fingerprint density at radius 3 is 2.32 bits per heavy atom. The van der Waals surface area contributed by atoms with Crippen molar-refractivity contribution in [3.05, 3.63) is 95.1 Å². The lowest BCUT2D eigenvalue weighted by Gasteiger charge is -2.37. The molecule has 0 bridgehead atoms. The number of benzene rings is 3. The van der Waals surface area contributed by atoms with E-state index in [-0.39, 0.29) is 17.4 Å². The van der Waals surface area contributed by atoms with Crippen molar-refractivity contribution in [3.63, 3.8) is 0 Å². The van der Waals surface area contributed by atoms with Gasteiger partial charge in [0.05, 0.1) is 22.5 Å². The summed E-state index contributed by atoms with van der Waals surface area (Å²) in [5, 5.41) is 15.5. The molecule has 3 aromatic carbocycles. The van der Waals surface area contributed by atoms with Crippen LogP contribution in [0.5, 0.6) is 0 Å². The van der Waals surface area contributed by atoms with Gasteiger partial charge in [-0.3, -0.25) is 9.59 Å². The van der Waals surface area contributed by atoms with Gasteiger partial charge in [0.2, 0.25) is 0 Å². The highest BCUT2D eigenvalue weighted by Gasteiger charge is 2.29. The van der Waals surface area contributed by atoms with Gasteiger partial charge in [0.15, 0.2) is 0 Å². The standard InChI is InChI=1S/C29H28N4O4/c1-18-17-33(15-14-32(18)2)28(35)20-8-11-22(12-9-20)30-26(19-6-4-3-5-7-19)25-23-13-10-21(29(36)37)16-24(23)31-27(25)34/h3-13,16,18,30H,14-15,17H2,1-2H3,(H,31,34)(H,36,37)/b26-25-/t18-/m0/s1. The number of rotatable bonds is 5. The van der Waals surface area contributed by atoms with E-state index in [0.717, 1.165) is 17.8 Å². The highest BCUT2D eigenvalue weighted by Crippen LogP contribution is 2.38. The summed E-state index contributed by atoms with van der Waals surface area (Å²) in [5.74, 6) is -1.37. The molecule has 1 atom stereocenters. The lowest BCUT2D eigenvalue weighted by atomic mass is 9.99. The number of carbonyl (C=O) groups excluding carboxylic acids is 2. The van der Waals surface area contributed by atoms with Gasteiger partial charge in [0.25, 0.3) is 11.8 Å². The minimum absolute atomic E-state index is 0.00599. The van der Waals surface area contributed by atoms with Crippen LogP contribution in [0.4, 0.5) is 11.4 Å². The quantitative estimate of drug-likeness (QED) is 0.460. The summed E-state index contributed by atoms with van der Waals surface area (Å²) in [5.41, 5.74) is 4.32. The predicted octanol–water partition coefficient (Wildman–Crippen LogP) is 4.09. The molecule has 3 N–H and O–H groups in total. The maximum Gasteiger partial charge on any atom is 0.335 e. The molecule has 188 valence electrons. The molecule has 5 rings (SSSR count). The monoisotopic (exact) mass is 496 g/mol. The maximum atomic E-state index is 13.1. The minimum Gasteiger partial charge on any atom is -0.478 e. The molecule has 0 saturated carbocycles. The van der Waals surface area contributed by atoms with E-state index in [1.54, 1.807) is 18.2 Å². The van der Waals surface area contributed by atoms with Gasteiger partial charge in [0, 0.05) is 42.5 Å². The number of nitrogens with zero attached hydrogens (tertiary/aromatic N) is 2. The second-order valence-electron chi connectivity index (χ2n) is 9.42. The number of nitrogens with one attached hydrogen (secondary N) is 2. The Morgan fingerprint density at radius 1 is 0.946 bits per heavy atom. The van der Waals surface area contributed by atoms with Crippen LogP contribution in [0.3, 0.4) is 0 Å². The van der Waals surface area contributed by atoms with Crippen LogP contribution in [0, 0.1) is 0 Å². The van der Waals surface area contributed by atoms with Gasteiger partial charge in [-0.05, 0) is 55.9 Å². The number of carboxylic acids is 1. The largest absolute Gasteiger partial charge is 0.478 e. The van der Waals surface area contributed by atoms with Gasteiger partial charge in [0.1, 0.15) is 0 Å². The summed E-state index contributed by atoms with van der Waals surface area (Å²) in [6.07, 6.45) is 0. The van der Waals surface area contributed by atoms with E-state index in [0.29, 0.717) is 47.2 Å². The first-order valence-corrected chi connectivity index (χ1v) is 12.2. The number of hydrogen-bond acceptors (Lipinski definition) is 5. The molecule has 0 spiro atoms. The predicted molar refractivity (Wildman–Crippen MR) is 143 cm³/mol.